The van der Waals surface area contributed by atoms with Gasteiger partial charge in [-0.25, -0.2) is 4.98 Å². The van der Waals surface area contributed by atoms with Gasteiger partial charge in [0, 0.05) is 18.8 Å². The van der Waals surface area contributed by atoms with E-state index in [0.717, 1.165) is 12.8 Å². The van der Waals surface area contributed by atoms with Gasteiger partial charge in [-0.3, -0.25) is 4.79 Å². The summed E-state index contributed by atoms with van der Waals surface area (Å²) < 4.78 is 16.9. The number of pyridine rings is 1. The molecule has 3 atom stereocenters. The van der Waals surface area contributed by atoms with Crippen molar-refractivity contribution in [2.45, 2.75) is 25.0 Å². The van der Waals surface area contributed by atoms with Crippen molar-refractivity contribution in [1.82, 2.24) is 9.88 Å². The standard InChI is InChI=1S/C18H20N2O4/c21-18(15-4-3-8-22-15)20-7-9-23-16-11-13(10-14(16)20)12-24-17-5-1-2-6-19-17/h1-6,8,13-14,16H,7,9-12H2/t13-,14-,16+/m0/s1. The van der Waals surface area contributed by atoms with E-state index in [1.165, 1.54) is 6.26 Å². The predicted molar refractivity (Wildman–Crippen MR) is 85.7 cm³/mol. The van der Waals surface area contributed by atoms with Crippen LogP contribution in [0.25, 0.3) is 0 Å². The molecule has 0 bridgehead atoms. The highest BCUT2D eigenvalue weighted by Crippen LogP contribution is 2.35. The van der Waals surface area contributed by atoms with Crippen LogP contribution in [-0.2, 0) is 4.74 Å². The molecule has 24 heavy (non-hydrogen) atoms. The molecule has 0 radical (unpaired) electrons. The molecule has 126 valence electrons. The highest BCUT2D eigenvalue weighted by Gasteiger charge is 2.43. The Morgan fingerprint density at radius 2 is 2.25 bits per heavy atom. The molecule has 3 heterocycles. The second-order valence-electron chi connectivity index (χ2n) is 6.27. The quantitative estimate of drug-likeness (QED) is 0.862. The maximum Gasteiger partial charge on any atom is 0.289 e. The van der Waals surface area contributed by atoms with Crippen molar-refractivity contribution in [3.8, 4) is 5.88 Å². The van der Waals surface area contributed by atoms with Crippen LogP contribution < -0.4 is 4.74 Å². The Balaban J connectivity index is 1.40. The Morgan fingerprint density at radius 1 is 1.29 bits per heavy atom. The zero-order chi connectivity index (χ0) is 16.4. The molecule has 1 amide bonds. The van der Waals surface area contributed by atoms with Gasteiger partial charge in [-0.1, -0.05) is 6.07 Å². The molecular weight excluding hydrogens is 308 g/mol. The number of aromatic nitrogens is 1. The first kappa shape index (κ1) is 15.2. The largest absolute Gasteiger partial charge is 0.477 e. The number of ether oxygens (including phenoxy) is 2. The molecule has 1 saturated heterocycles. The third-order valence-electron chi connectivity index (χ3n) is 4.73. The van der Waals surface area contributed by atoms with Crippen LogP contribution in [0.3, 0.4) is 0 Å². The summed E-state index contributed by atoms with van der Waals surface area (Å²) in [5.74, 6) is 1.33. The lowest BCUT2D eigenvalue weighted by Crippen LogP contribution is -2.51. The average Bonchev–Trinajstić information content (AvgIpc) is 3.29. The fourth-order valence-corrected chi connectivity index (χ4v) is 3.62. The van der Waals surface area contributed by atoms with Crippen LogP contribution in [-0.4, -0.2) is 47.7 Å². The third kappa shape index (κ3) is 3.01. The third-order valence-corrected chi connectivity index (χ3v) is 4.73. The fraction of sp³-hybridized carbons (Fsp3) is 0.444. The molecule has 6 heteroatoms. The van der Waals surface area contributed by atoms with Gasteiger partial charge >= 0.3 is 0 Å². The molecule has 4 rings (SSSR count). The number of hydrogen-bond donors (Lipinski definition) is 0. The first-order valence-electron chi connectivity index (χ1n) is 8.31. The number of rotatable bonds is 4. The van der Waals surface area contributed by atoms with Gasteiger partial charge in [0.1, 0.15) is 0 Å². The number of carbonyl (C=O) groups excluding carboxylic acids is 1. The van der Waals surface area contributed by atoms with Gasteiger partial charge in [-0.15, -0.1) is 0 Å². The van der Waals surface area contributed by atoms with Crippen LogP contribution in [0.1, 0.15) is 23.4 Å². The molecule has 2 fully saturated rings. The van der Waals surface area contributed by atoms with Crippen molar-refractivity contribution in [1.29, 1.82) is 0 Å². The summed E-state index contributed by atoms with van der Waals surface area (Å²) in [5, 5.41) is 0. The van der Waals surface area contributed by atoms with Gasteiger partial charge in [-0.2, -0.15) is 0 Å². The maximum absolute atomic E-state index is 12.6. The van der Waals surface area contributed by atoms with Crippen molar-refractivity contribution in [2.24, 2.45) is 5.92 Å². The van der Waals surface area contributed by atoms with E-state index < -0.39 is 0 Å². The number of carbonyl (C=O) groups is 1. The number of morpholine rings is 1. The maximum atomic E-state index is 12.6. The monoisotopic (exact) mass is 328 g/mol. The molecule has 2 aliphatic rings. The van der Waals surface area contributed by atoms with Crippen LogP contribution in [0, 0.1) is 5.92 Å². The summed E-state index contributed by atoms with van der Waals surface area (Å²) in [6.45, 7) is 1.77. The first-order valence-corrected chi connectivity index (χ1v) is 8.31. The zero-order valence-corrected chi connectivity index (χ0v) is 13.3. The van der Waals surface area contributed by atoms with Crippen molar-refractivity contribution in [3.63, 3.8) is 0 Å². The number of fused-ring (bicyclic) bond motifs is 1. The Kier molecular flexibility index (Phi) is 4.21. The van der Waals surface area contributed by atoms with E-state index in [2.05, 4.69) is 4.98 Å². The average molecular weight is 328 g/mol. The number of furan rings is 1. The Hall–Kier alpha value is -2.34. The second-order valence-corrected chi connectivity index (χ2v) is 6.27. The summed E-state index contributed by atoms with van der Waals surface area (Å²) in [5.41, 5.74) is 0. The predicted octanol–water partition coefficient (Wildman–Crippen LogP) is 2.37. The van der Waals surface area contributed by atoms with E-state index in [-0.39, 0.29) is 18.1 Å². The van der Waals surface area contributed by atoms with Crippen LogP contribution in [0.4, 0.5) is 0 Å². The van der Waals surface area contributed by atoms with E-state index in [1.54, 1.807) is 18.3 Å². The lowest BCUT2D eigenvalue weighted by atomic mass is 10.1. The van der Waals surface area contributed by atoms with E-state index in [4.69, 9.17) is 13.9 Å². The summed E-state index contributed by atoms with van der Waals surface area (Å²) in [6, 6.07) is 9.17. The second kappa shape index (κ2) is 6.65. The van der Waals surface area contributed by atoms with Gasteiger partial charge in [0.15, 0.2) is 5.76 Å². The normalized spacial score (nSPS) is 26.2. The van der Waals surface area contributed by atoms with Crippen LogP contribution in [0.15, 0.2) is 47.2 Å². The SMILES string of the molecule is O=C(c1ccco1)N1CCO[C@@H]2C[C@@H](COc3ccccn3)C[C@@H]21. The highest BCUT2D eigenvalue weighted by atomic mass is 16.5. The minimum Gasteiger partial charge on any atom is -0.477 e. The van der Waals surface area contributed by atoms with Crippen LogP contribution in [0.5, 0.6) is 5.88 Å². The molecule has 2 aromatic rings. The van der Waals surface area contributed by atoms with Gasteiger partial charge in [0.2, 0.25) is 5.88 Å². The first-order chi connectivity index (χ1) is 11.8. The Morgan fingerprint density at radius 3 is 3.04 bits per heavy atom. The topological polar surface area (TPSA) is 64.8 Å². The zero-order valence-electron chi connectivity index (χ0n) is 13.3. The molecule has 6 nitrogen and oxygen atoms in total. The smallest absolute Gasteiger partial charge is 0.289 e. The van der Waals surface area contributed by atoms with Crippen molar-refractivity contribution >= 4 is 5.91 Å². The molecule has 1 aliphatic carbocycles. The molecular formula is C18H20N2O4. The molecule has 0 N–H and O–H groups in total. The molecule has 0 aromatic carbocycles. The summed E-state index contributed by atoms with van der Waals surface area (Å²) in [6.07, 6.45) is 5.11. The van der Waals surface area contributed by atoms with E-state index in [0.29, 0.717) is 37.3 Å². The molecule has 2 aromatic heterocycles. The molecule has 0 unspecified atom stereocenters. The number of hydrogen-bond acceptors (Lipinski definition) is 5. The van der Waals surface area contributed by atoms with Gasteiger partial charge in [-0.05, 0) is 37.0 Å². The Labute approximate surface area is 140 Å². The Bertz CT molecular complexity index is 674. The molecule has 0 spiro atoms. The summed E-state index contributed by atoms with van der Waals surface area (Å²) in [4.78, 5) is 18.7. The van der Waals surface area contributed by atoms with Crippen molar-refractivity contribution in [2.75, 3.05) is 19.8 Å². The minimum absolute atomic E-state index is 0.0513. The van der Waals surface area contributed by atoms with Gasteiger partial charge < -0.3 is 18.8 Å². The van der Waals surface area contributed by atoms with E-state index >= 15 is 0 Å². The van der Waals surface area contributed by atoms with Gasteiger partial charge in [0.05, 0.1) is 31.6 Å². The fourth-order valence-electron chi connectivity index (χ4n) is 3.62. The lowest BCUT2D eigenvalue weighted by molar-refractivity contribution is -0.0457. The van der Waals surface area contributed by atoms with Crippen LogP contribution in [0.2, 0.25) is 0 Å². The molecule has 1 aliphatic heterocycles. The summed E-state index contributed by atoms with van der Waals surface area (Å²) >= 11 is 0. The highest BCUT2D eigenvalue weighted by molar-refractivity contribution is 5.91. The van der Waals surface area contributed by atoms with Crippen molar-refractivity contribution in [3.05, 3.63) is 48.6 Å². The lowest BCUT2D eigenvalue weighted by Gasteiger charge is -2.37. The van der Waals surface area contributed by atoms with Gasteiger partial charge in [0.25, 0.3) is 5.91 Å². The van der Waals surface area contributed by atoms with E-state index in [9.17, 15) is 4.79 Å². The molecule has 1 saturated carbocycles. The summed E-state index contributed by atoms with van der Waals surface area (Å²) in [7, 11) is 0. The van der Waals surface area contributed by atoms with E-state index in [1.807, 2.05) is 23.1 Å². The number of nitrogens with zero attached hydrogens (tertiary/aromatic N) is 2. The number of amides is 1. The van der Waals surface area contributed by atoms with Crippen molar-refractivity contribution < 1.29 is 18.7 Å². The minimum atomic E-state index is -0.0513. The van der Waals surface area contributed by atoms with Crippen LogP contribution >= 0.6 is 0 Å².